The van der Waals surface area contributed by atoms with Crippen LogP contribution in [0.25, 0.3) is 0 Å². The molecule has 163 valence electrons. The lowest BCUT2D eigenvalue weighted by Crippen LogP contribution is -2.11. The Kier molecular flexibility index (Phi) is 22.3. The highest BCUT2D eigenvalue weighted by atomic mass is 14.2. The molecule has 0 aliphatic carbocycles. The van der Waals surface area contributed by atoms with Crippen LogP contribution in [-0.2, 0) is 0 Å². The third-order valence-corrected chi connectivity index (χ3v) is 6.26. The van der Waals surface area contributed by atoms with E-state index < -0.39 is 0 Å². The molecule has 0 aromatic carbocycles. The van der Waals surface area contributed by atoms with E-state index in [9.17, 15) is 0 Å². The molecule has 2 unspecified atom stereocenters. The fourth-order valence-corrected chi connectivity index (χ4v) is 4.39. The van der Waals surface area contributed by atoms with Crippen LogP contribution in [0.15, 0.2) is 0 Å². The molecule has 0 saturated carbocycles. The highest BCUT2D eigenvalue weighted by molar-refractivity contribution is 4.84. The van der Waals surface area contributed by atoms with Crippen molar-refractivity contribution in [1.29, 1.82) is 0 Å². The minimum atomic E-state index is 0.903. The van der Waals surface area contributed by atoms with Crippen LogP contribution in [0, 0.1) is 18.3 Å². The van der Waals surface area contributed by atoms with Gasteiger partial charge in [0.25, 0.3) is 0 Å². The molecule has 0 heteroatoms. The molecule has 0 spiro atoms. The molecule has 0 aliphatic heterocycles. The van der Waals surface area contributed by atoms with Crippen molar-refractivity contribution >= 4 is 0 Å². The van der Waals surface area contributed by atoms with E-state index >= 15 is 0 Å². The Balaban J connectivity index is 4.40. The molecule has 2 atom stereocenters. The summed E-state index contributed by atoms with van der Waals surface area (Å²) in [6.45, 7) is 9.32. The minimum absolute atomic E-state index is 0.903. The summed E-state index contributed by atoms with van der Waals surface area (Å²) in [6, 6.07) is 0. The second kappa shape index (κ2) is 22.3. The first-order valence-corrected chi connectivity index (χ1v) is 13.1. The fraction of sp³-hybridized carbons (Fsp3) is 0.963. The van der Waals surface area contributed by atoms with E-state index in [2.05, 4.69) is 34.1 Å². The summed E-state index contributed by atoms with van der Waals surface area (Å²) >= 11 is 0. The molecule has 0 rings (SSSR count). The van der Waals surface area contributed by atoms with Crippen molar-refractivity contribution in [2.45, 2.75) is 156 Å². The molecule has 0 bridgehead atoms. The molecule has 0 aliphatic rings. The van der Waals surface area contributed by atoms with Gasteiger partial charge in [-0.15, -0.1) is 0 Å². The zero-order valence-corrected chi connectivity index (χ0v) is 19.9. The third-order valence-electron chi connectivity index (χ3n) is 6.26. The third kappa shape index (κ3) is 19.1. The zero-order chi connectivity index (χ0) is 20.0. The van der Waals surface area contributed by atoms with Gasteiger partial charge >= 0.3 is 0 Å². The van der Waals surface area contributed by atoms with Crippen molar-refractivity contribution in [3.63, 3.8) is 0 Å². The van der Waals surface area contributed by atoms with Gasteiger partial charge < -0.3 is 0 Å². The van der Waals surface area contributed by atoms with Gasteiger partial charge in [-0.05, 0) is 18.3 Å². The predicted molar refractivity (Wildman–Crippen MR) is 126 cm³/mol. The summed E-state index contributed by atoms with van der Waals surface area (Å²) in [7, 11) is 0. The van der Waals surface area contributed by atoms with E-state index in [0.29, 0.717) is 0 Å². The van der Waals surface area contributed by atoms with Gasteiger partial charge in [-0.2, -0.15) is 0 Å². The molecule has 0 aromatic rings. The average molecular weight is 380 g/mol. The minimum Gasteiger partial charge on any atom is -0.0654 e. The average Bonchev–Trinajstić information content (AvgIpc) is 2.68. The van der Waals surface area contributed by atoms with E-state index in [-0.39, 0.29) is 0 Å². The number of hydrogen-bond donors (Lipinski definition) is 0. The van der Waals surface area contributed by atoms with Crippen molar-refractivity contribution in [2.24, 2.45) is 11.8 Å². The van der Waals surface area contributed by atoms with Gasteiger partial charge in [0.1, 0.15) is 0 Å². The molecule has 0 heterocycles. The van der Waals surface area contributed by atoms with Crippen LogP contribution < -0.4 is 0 Å². The summed E-state index contributed by atoms with van der Waals surface area (Å²) in [5.74, 6) is 1.81. The quantitative estimate of drug-likeness (QED) is 0.164. The topological polar surface area (TPSA) is 0 Å². The van der Waals surface area contributed by atoms with E-state index in [1.54, 1.807) is 0 Å². The first-order valence-electron chi connectivity index (χ1n) is 13.1. The summed E-state index contributed by atoms with van der Waals surface area (Å²) < 4.78 is 0. The second-order valence-corrected chi connectivity index (χ2v) is 9.11. The molecule has 0 saturated heterocycles. The van der Waals surface area contributed by atoms with Crippen molar-refractivity contribution in [1.82, 2.24) is 0 Å². The first kappa shape index (κ1) is 27.0. The number of hydrogen-bond acceptors (Lipinski definition) is 0. The molecular formula is C27H55. The molecular weight excluding hydrogens is 324 g/mol. The maximum absolute atomic E-state index is 2.85. The van der Waals surface area contributed by atoms with Gasteiger partial charge in [-0.25, -0.2) is 0 Å². The van der Waals surface area contributed by atoms with Crippen molar-refractivity contribution in [2.75, 3.05) is 0 Å². The Morgan fingerprint density at radius 1 is 0.370 bits per heavy atom. The summed E-state index contributed by atoms with van der Waals surface area (Å²) in [4.78, 5) is 0. The lowest BCUT2D eigenvalue weighted by atomic mass is 9.82. The molecule has 0 N–H and O–H groups in total. The van der Waals surface area contributed by atoms with Gasteiger partial charge in [0.15, 0.2) is 0 Å². The Labute approximate surface area is 174 Å². The maximum Gasteiger partial charge on any atom is -0.0324 e. The van der Waals surface area contributed by atoms with Crippen LogP contribution in [0.4, 0.5) is 0 Å². The summed E-state index contributed by atoms with van der Waals surface area (Å²) in [5, 5.41) is 0. The Bertz CT molecular complexity index is 257. The molecule has 27 heavy (non-hydrogen) atoms. The number of unbranched alkanes of at least 4 members (excludes halogenated alkanes) is 12. The monoisotopic (exact) mass is 379 g/mol. The second-order valence-electron chi connectivity index (χ2n) is 9.11. The fourth-order valence-electron chi connectivity index (χ4n) is 4.39. The normalized spacial score (nSPS) is 13.8. The van der Waals surface area contributed by atoms with Crippen LogP contribution in [0.1, 0.15) is 156 Å². The van der Waals surface area contributed by atoms with Crippen molar-refractivity contribution in [3.8, 4) is 0 Å². The lowest BCUT2D eigenvalue weighted by Gasteiger charge is -2.24. The summed E-state index contributed by atoms with van der Waals surface area (Å²) in [6.07, 6.45) is 31.5. The maximum atomic E-state index is 2.85. The van der Waals surface area contributed by atoms with Gasteiger partial charge in [0, 0.05) is 0 Å². The van der Waals surface area contributed by atoms with Crippen LogP contribution >= 0.6 is 0 Å². The Morgan fingerprint density at radius 3 is 1.00 bits per heavy atom. The van der Waals surface area contributed by atoms with Crippen LogP contribution in [-0.4, -0.2) is 0 Å². The Morgan fingerprint density at radius 2 is 0.630 bits per heavy atom. The number of rotatable bonds is 22. The summed E-state index contributed by atoms with van der Waals surface area (Å²) in [5.41, 5.74) is 0. The molecule has 0 nitrogen and oxygen atoms in total. The lowest BCUT2D eigenvalue weighted by molar-refractivity contribution is 0.366. The highest BCUT2D eigenvalue weighted by Gasteiger charge is 2.16. The van der Waals surface area contributed by atoms with E-state index in [1.165, 1.54) is 128 Å². The van der Waals surface area contributed by atoms with E-state index in [4.69, 9.17) is 0 Å². The zero-order valence-electron chi connectivity index (χ0n) is 19.9. The first-order chi connectivity index (χ1) is 13.3. The van der Waals surface area contributed by atoms with Gasteiger partial charge in [-0.3, -0.25) is 0 Å². The largest absolute Gasteiger partial charge is 0.0654 e. The van der Waals surface area contributed by atoms with Crippen LogP contribution in [0.5, 0.6) is 0 Å². The molecule has 0 aromatic heterocycles. The highest BCUT2D eigenvalue weighted by Crippen LogP contribution is 2.30. The SMILES string of the molecule is CCCCCCCC([CH]C(CCCCC)CCCCCC)CCCCCC. The van der Waals surface area contributed by atoms with E-state index in [1.807, 2.05) is 0 Å². The van der Waals surface area contributed by atoms with Crippen molar-refractivity contribution < 1.29 is 0 Å². The van der Waals surface area contributed by atoms with Crippen molar-refractivity contribution in [3.05, 3.63) is 6.42 Å². The standard InChI is InChI=1S/C27H55/c1-5-9-13-16-20-24-27(23-19-15-11-7-3)25-26(21-17-12-8-4)22-18-14-10-6-2/h25-27H,5-24H2,1-4H3. The Hall–Kier alpha value is 0. The van der Waals surface area contributed by atoms with E-state index in [0.717, 1.165) is 11.8 Å². The van der Waals surface area contributed by atoms with Gasteiger partial charge in [-0.1, -0.05) is 156 Å². The molecule has 1 radical (unpaired) electrons. The predicted octanol–water partition coefficient (Wildman–Crippen LogP) is 10.3. The smallest absolute Gasteiger partial charge is 0.0324 e. The van der Waals surface area contributed by atoms with Gasteiger partial charge in [0.2, 0.25) is 0 Å². The van der Waals surface area contributed by atoms with Crippen LogP contribution in [0.2, 0.25) is 0 Å². The molecule has 0 amide bonds. The molecule has 0 fully saturated rings. The van der Waals surface area contributed by atoms with Crippen LogP contribution in [0.3, 0.4) is 0 Å². The van der Waals surface area contributed by atoms with Gasteiger partial charge in [0.05, 0.1) is 0 Å².